The number of hydrogen-bond donors (Lipinski definition) is 0. The van der Waals surface area contributed by atoms with Gasteiger partial charge >= 0.3 is 0 Å². The lowest BCUT2D eigenvalue weighted by Gasteiger charge is -2.33. The second-order valence-corrected chi connectivity index (χ2v) is 3.65. The predicted octanol–water partition coefficient (Wildman–Crippen LogP) is 3.13. The molecule has 0 radical (unpaired) electrons. The third-order valence-corrected chi connectivity index (χ3v) is 2.40. The monoisotopic (exact) mass is 156 g/mol. The van der Waals surface area contributed by atoms with Crippen LogP contribution in [0, 0.1) is 0 Å². The number of hydrogen-bond acceptors (Lipinski definition) is 1. The van der Waals surface area contributed by atoms with Crippen molar-refractivity contribution < 1.29 is 4.74 Å². The van der Waals surface area contributed by atoms with Crippen molar-refractivity contribution in [2.45, 2.75) is 64.6 Å². The zero-order chi connectivity index (χ0) is 8.10. The molecular formula is C10H20O. The van der Waals surface area contributed by atoms with Crippen molar-refractivity contribution in [3.05, 3.63) is 0 Å². The summed E-state index contributed by atoms with van der Waals surface area (Å²) in [7, 11) is 0. The number of ether oxygens (including phenoxy) is 1. The fraction of sp³-hybridized carbons (Fsp3) is 1.00. The van der Waals surface area contributed by atoms with E-state index >= 15 is 0 Å². The Morgan fingerprint density at radius 2 is 2.00 bits per heavy atom. The molecule has 1 aliphatic rings. The van der Waals surface area contributed by atoms with E-state index in [1.807, 2.05) is 0 Å². The summed E-state index contributed by atoms with van der Waals surface area (Å²) in [6.45, 7) is 4.41. The van der Waals surface area contributed by atoms with Crippen LogP contribution in [-0.2, 0) is 4.74 Å². The van der Waals surface area contributed by atoms with E-state index < -0.39 is 0 Å². The normalized spacial score (nSPS) is 30.0. The van der Waals surface area contributed by atoms with Crippen LogP contribution >= 0.6 is 0 Å². The zero-order valence-electron chi connectivity index (χ0n) is 7.81. The molecule has 0 aromatic carbocycles. The van der Waals surface area contributed by atoms with Gasteiger partial charge in [0.05, 0.1) is 12.2 Å². The molecular weight excluding hydrogens is 136 g/mol. The second kappa shape index (κ2) is 4.76. The first-order chi connectivity index (χ1) is 5.33. The maximum Gasteiger partial charge on any atom is 0.0603 e. The third-order valence-electron chi connectivity index (χ3n) is 2.40. The molecule has 11 heavy (non-hydrogen) atoms. The lowest BCUT2D eigenvalue weighted by molar-refractivity contribution is -0.117. The second-order valence-electron chi connectivity index (χ2n) is 3.65. The Hall–Kier alpha value is -0.0400. The highest BCUT2D eigenvalue weighted by Crippen LogP contribution is 2.24. The minimum absolute atomic E-state index is 0.547. The number of unbranched alkanes of at least 4 members (excludes halogenated alkanes) is 3. The Morgan fingerprint density at radius 3 is 2.55 bits per heavy atom. The van der Waals surface area contributed by atoms with Gasteiger partial charge in [-0.1, -0.05) is 32.6 Å². The Morgan fingerprint density at radius 1 is 1.27 bits per heavy atom. The molecule has 0 amide bonds. The highest BCUT2D eigenvalue weighted by atomic mass is 16.5. The highest BCUT2D eigenvalue weighted by molar-refractivity contribution is 4.73. The molecule has 0 bridgehead atoms. The maximum absolute atomic E-state index is 5.52. The molecule has 0 aromatic rings. The molecule has 0 aliphatic carbocycles. The standard InChI is InChI=1S/C10H20O/c1-3-4-5-6-7-10-8-9(2)11-10/h9-10H,3-8H2,1-2H3. The molecule has 0 aromatic heterocycles. The van der Waals surface area contributed by atoms with E-state index in [9.17, 15) is 0 Å². The van der Waals surface area contributed by atoms with Crippen LogP contribution in [0.4, 0.5) is 0 Å². The van der Waals surface area contributed by atoms with Crippen molar-refractivity contribution in [2.24, 2.45) is 0 Å². The van der Waals surface area contributed by atoms with Crippen LogP contribution in [0.3, 0.4) is 0 Å². The summed E-state index contributed by atoms with van der Waals surface area (Å²) < 4.78 is 5.52. The molecule has 1 fully saturated rings. The van der Waals surface area contributed by atoms with Crippen LogP contribution in [0.2, 0.25) is 0 Å². The fourth-order valence-corrected chi connectivity index (χ4v) is 1.67. The SMILES string of the molecule is CCCCCCC1CC(C)O1. The minimum atomic E-state index is 0.547. The van der Waals surface area contributed by atoms with Gasteiger partial charge in [0.25, 0.3) is 0 Å². The van der Waals surface area contributed by atoms with E-state index in [0.717, 1.165) is 0 Å². The molecule has 1 rings (SSSR count). The summed E-state index contributed by atoms with van der Waals surface area (Å²) >= 11 is 0. The quantitative estimate of drug-likeness (QED) is 0.556. The predicted molar refractivity (Wildman–Crippen MR) is 47.7 cm³/mol. The summed E-state index contributed by atoms with van der Waals surface area (Å²) in [5, 5.41) is 0. The van der Waals surface area contributed by atoms with Gasteiger partial charge in [-0.15, -0.1) is 0 Å². The van der Waals surface area contributed by atoms with E-state index in [0.29, 0.717) is 12.2 Å². The first kappa shape index (κ1) is 9.05. The van der Waals surface area contributed by atoms with Crippen LogP contribution in [0.5, 0.6) is 0 Å². The molecule has 0 saturated carbocycles. The molecule has 1 heteroatoms. The highest BCUT2D eigenvalue weighted by Gasteiger charge is 2.24. The first-order valence-corrected chi connectivity index (χ1v) is 4.98. The molecule has 1 aliphatic heterocycles. The van der Waals surface area contributed by atoms with Crippen molar-refractivity contribution in [2.75, 3.05) is 0 Å². The van der Waals surface area contributed by atoms with E-state index in [2.05, 4.69) is 13.8 Å². The average Bonchev–Trinajstić information content (AvgIpc) is 1.94. The van der Waals surface area contributed by atoms with Crippen LogP contribution in [-0.4, -0.2) is 12.2 Å². The fourth-order valence-electron chi connectivity index (χ4n) is 1.67. The average molecular weight is 156 g/mol. The summed E-state index contributed by atoms with van der Waals surface area (Å²) in [4.78, 5) is 0. The number of rotatable bonds is 5. The summed E-state index contributed by atoms with van der Waals surface area (Å²) in [6.07, 6.45) is 9.24. The molecule has 2 unspecified atom stereocenters. The molecule has 66 valence electrons. The minimum Gasteiger partial charge on any atom is -0.375 e. The molecule has 1 nitrogen and oxygen atoms in total. The van der Waals surface area contributed by atoms with E-state index in [4.69, 9.17) is 4.74 Å². The summed E-state index contributed by atoms with van der Waals surface area (Å²) in [5.74, 6) is 0. The van der Waals surface area contributed by atoms with Gasteiger partial charge in [0, 0.05) is 0 Å². The van der Waals surface area contributed by atoms with Gasteiger partial charge in [-0.2, -0.15) is 0 Å². The van der Waals surface area contributed by atoms with Gasteiger partial charge in [0.1, 0.15) is 0 Å². The largest absolute Gasteiger partial charge is 0.375 e. The lowest BCUT2D eigenvalue weighted by Crippen LogP contribution is -2.34. The van der Waals surface area contributed by atoms with Crippen LogP contribution < -0.4 is 0 Å². The first-order valence-electron chi connectivity index (χ1n) is 4.98. The summed E-state index contributed by atoms with van der Waals surface area (Å²) in [6, 6.07) is 0. The van der Waals surface area contributed by atoms with E-state index in [1.165, 1.54) is 38.5 Å². The molecule has 0 spiro atoms. The van der Waals surface area contributed by atoms with Crippen molar-refractivity contribution >= 4 is 0 Å². The van der Waals surface area contributed by atoms with Crippen molar-refractivity contribution in [1.82, 2.24) is 0 Å². The third kappa shape index (κ3) is 3.24. The van der Waals surface area contributed by atoms with E-state index in [1.54, 1.807) is 0 Å². The lowest BCUT2D eigenvalue weighted by atomic mass is 10.00. The molecule has 1 saturated heterocycles. The van der Waals surface area contributed by atoms with Gasteiger partial charge < -0.3 is 4.74 Å². The summed E-state index contributed by atoms with van der Waals surface area (Å²) in [5.41, 5.74) is 0. The Balaban J connectivity index is 1.81. The zero-order valence-corrected chi connectivity index (χ0v) is 7.81. The Labute approximate surface area is 70.1 Å². The van der Waals surface area contributed by atoms with E-state index in [-0.39, 0.29) is 0 Å². The topological polar surface area (TPSA) is 9.23 Å². The van der Waals surface area contributed by atoms with Crippen LogP contribution in [0.25, 0.3) is 0 Å². The van der Waals surface area contributed by atoms with Gasteiger partial charge in [0.2, 0.25) is 0 Å². The Kier molecular flexibility index (Phi) is 3.92. The van der Waals surface area contributed by atoms with Crippen LogP contribution in [0.1, 0.15) is 52.4 Å². The van der Waals surface area contributed by atoms with Crippen molar-refractivity contribution in [3.8, 4) is 0 Å². The van der Waals surface area contributed by atoms with Gasteiger partial charge in [-0.25, -0.2) is 0 Å². The maximum atomic E-state index is 5.52. The van der Waals surface area contributed by atoms with Gasteiger partial charge in [-0.05, 0) is 19.8 Å². The van der Waals surface area contributed by atoms with Crippen molar-refractivity contribution in [1.29, 1.82) is 0 Å². The molecule has 1 heterocycles. The van der Waals surface area contributed by atoms with Crippen molar-refractivity contribution in [3.63, 3.8) is 0 Å². The smallest absolute Gasteiger partial charge is 0.0603 e. The van der Waals surface area contributed by atoms with Gasteiger partial charge in [-0.3, -0.25) is 0 Å². The molecule has 2 atom stereocenters. The Bertz CT molecular complexity index is 95.0. The van der Waals surface area contributed by atoms with Gasteiger partial charge in [0.15, 0.2) is 0 Å². The van der Waals surface area contributed by atoms with Crippen LogP contribution in [0.15, 0.2) is 0 Å². The molecule has 0 N–H and O–H groups in total.